The Morgan fingerprint density at radius 3 is 2.20 bits per heavy atom. The van der Waals surface area contributed by atoms with Gasteiger partial charge >= 0.3 is 17.9 Å². The van der Waals surface area contributed by atoms with Gasteiger partial charge in [-0.15, -0.1) is 0 Å². The van der Waals surface area contributed by atoms with Crippen LogP contribution in [0.3, 0.4) is 0 Å². The Labute approximate surface area is 201 Å². The quantitative estimate of drug-likeness (QED) is 0.284. The van der Waals surface area contributed by atoms with Crippen LogP contribution in [0.5, 0.6) is 0 Å². The minimum Gasteiger partial charge on any atom is -0.480 e. The molecule has 0 amide bonds. The zero-order valence-corrected chi connectivity index (χ0v) is 19.6. The van der Waals surface area contributed by atoms with Gasteiger partial charge in [0, 0.05) is 23.5 Å². The number of nitrogens with zero attached hydrogens (tertiary/aromatic N) is 2. The van der Waals surface area contributed by atoms with Gasteiger partial charge in [-0.25, -0.2) is 4.79 Å². The predicted octanol–water partition coefficient (Wildman–Crippen LogP) is 3.71. The number of aliphatic carboxylic acids is 1. The van der Waals surface area contributed by atoms with Gasteiger partial charge in [0.05, 0.1) is 36.3 Å². The first kappa shape index (κ1) is 25.2. The fraction of sp³-hybridized carbons (Fsp3) is 0.240. The standard InChI is InChI=1S/C15H14N2O4.C10H10O4/c1-8-12(15(18)21-3)13(14-9(2)16(8)14)10-5-4-6-11(7-10)17(19)20;1-14-10(13)8(9(11)12)7-5-3-2-4-6-7/h4-7,13H,1-3H3;2-6,8H,1H3,(H,11,12)/t13-,16?;/m0./s1. The Kier molecular flexibility index (Phi) is 7.34. The summed E-state index contributed by atoms with van der Waals surface area (Å²) in [6.07, 6.45) is 0. The zero-order valence-electron chi connectivity index (χ0n) is 19.6. The summed E-state index contributed by atoms with van der Waals surface area (Å²) in [6, 6.07) is 14.7. The molecule has 0 radical (unpaired) electrons. The monoisotopic (exact) mass is 480 g/mol. The summed E-state index contributed by atoms with van der Waals surface area (Å²) in [5, 5.41) is 19.8. The van der Waals surface area contributed by atoms with Crippen molar-refractivity contribution in [1.82, 2.24) is 4.90 Å². The third-order valence-corrected chi connectivity index (χ3v) is 5.82. The number of ether oxygens (including phenoxy) is 2. The maximum Gasteiger partial charge on any atom is 0.336 e. The maximum absolute atomic E-state index is 12.0. The largest absolute Gasteiger partial charge is 0.480 e. The Morgan fingerprint density at radius 2 is 1.66 bits per heavy atom. The number of carbonyl (C=O) groups is 3. The normalized spacial score (nSPS) is 16.6. The molecule has 4 rings (SSSR count). The number of carbonyl (C=O) groups excluding carboxylic acids is 2. The Hall–Kier alpha value is -4.47. The lowest BCUT2D eigenvalue weighted by Crippen LogP contribution is -2.22. The summed E-state index contributed by atoms with van der Waals surface area (Å²) >= 11 is 0. The minimum absolute atomic E-state index is 0.0201. The molecule has 10 heteroatoms. The first-order valence-corrected chi connectivity index (χ1v) is 10.5. The van der Waals surface area contributed by atoms with E-state index in [9.17, 15) is 24.5 Å². The molecule has 0 fully saturated rings. The number of nitro groups is 1. The number of allylic oxidation sites excluding steroid dienone is 3. The van der Waals surface area contributed by atoms with E-state index in [0.717, 1.165) is 22.7 Å². The van der Waals surface area contributed by atoms with Gasteiger partial charge in [0.1, 0.15) is 0 Å². The van der Waals surface area contributed by atoms with E-state index in [1.165, 1.54) is 26.4 Å². The third kappa shape index (κ3) is 4.91. The van der Waals surface area contributed by atoms with Crippen molar-refractivity contribution in [2.24, 2.45) is 0 Å². The van der Waals surface area contributed by atoms with E-state index in [0.29, 0.717) is 11.1 Å². The highest BCUT2D eigenvalue weighted by Crippen LogP contribution is 2.56. The van der Waals surface area contributed by atoms with Gasteiger partial charge in [0.15, 0.2) is 5.92 Å². The van der Waals surface area contributed by atoms with Crippen LogP contribution >= 0.6 is 0 Å². The van der Waals surface area contributed by atoms with Gasteiger partial charge in [-0.3, -0.25) is 19.7 Å². The van der Waals surface area contributed by atoms with Crippen LogP contribution in [0.4, 0.5) is 5.69 Å². The first-order valence-electron chi connectivity index (χ1n) is 10.5. The van der Waals surface area contributed by atoms with E-state index in [1.807, 2.05) is 18.7 Å². The maximum atomic E-state index is 12.0. The molecule has 0 spiro atoms. The van der Waals surface area contributed by atoms with Crippen molar-refractivity contribution in [3.8, 4) is 0 Å². The second kappa shape index (κ2) is 10.2. The average Bonchev–Trinajstić information content (AvgIpc) is 3.40. The van der Waals surface area contributed by atoms with E-state index >= 15 is 0 Å². The van der Waals surface area contributed by atoms with Crippen molar-refractivity contribution >= 4 is 23.6 Å². The van der Waals surface area contributed by atoms with Gasteiger partial charge in [0.25, 0.3) is 5.69 Å². The molecule has 2 aromatic rings. The lowest BCUT2D eigenvalue weighted by atomic mass is 9.90. The fourth-order valence-electron chi connectivity index (χ4n) is 4.16. The number of carboxylic acid groups (broad SMARTS) is 1. The second-order valence-corrected chi connectivity index (χ2v) is 7.79. The summed E-state index contributed by atoms with van der Waals surface area (Å²) < 4.78 is 9.27. The number of methoxy groups -OCH3 is 2. The highest BCUT2D eigenvalue weighted by atomic mass is 16.6. The number of nitro benzene ring substituents is 1. The van der Waals surface area contributed by atoms with Gasteiger partial charge in [-0.05, 0) is 25.0 Å². The van der Waals surface area contributed by atoms with E-state index < -0.39 is 28.7 Å². The summed E-state index contributed by atoms with van der Waals surface area (Å²) in [4.78, 5) is 46.5. The van der Waals surface area contributed by atoms with Gasteiger partial charge in [-0.1, -0.05) is 42.5 Å². The molecule has 35 heavy (non-hydrogen) atoms. The molecule has 0 saturated heterocycles. The fourth-order valence-corrected chi connectivity index (χ4v) is 4.16. The molecule has 2 aliphatic rings. The van der Waals surface area contributed by atoms with Crippen molar-refractivity contribution in [2.75, 3.05) is 14.2 Å². The highest BCUT2D eigenvalue weighted by Gasteiger charge is 2.49. The summed E-state index contributed by atoms with van der Waals surface area (Å²) in [5.41, 5.74) is 4.69. The van der Waals surface area contributed by atoms with Crippen LogP contribution in [-0.2, 0) is 23.9 Å². The number of carboxylic acids is 1. The van der Waals surface area contributed by atoms with Crippen LogP contribution in [0.25, 0.3) is 0 Å². The van der Waals surface area contributed by atoms with Gasteiger partial charge in [0.2, 0.25) is 0 Å². The van der Waals surface area contributed by atoms with E-state index in [1.54, 1.807) is 42.5 Å². The van der Waals surface area contributed by atoms with Crippen molar-refractivity contribution < 1.29 is 33.9 Å². The molecule has 0 saturated carbocycles. The number of hydrogen-bond donors (Lipinski definition) is 1. The number of hydrogen-bond acceptors (Lipinski definition) is 8. The van der Waals surface area contributed by atoms with Crippen LogP contribution < -0.4 is 0 Å². The lowest BCUT2D eigenvalue weighted by molar-refractivity contribution is -0.384. The molecule has 1 N–H and O–H groups in total. The number of esters is 2. The Bertz CT molecular complexity index is 1250. The molecule has 2 aromatic carbocycles. The molecule has 10 nitrogen and oxygen atoms in total. The van der Waals surface area contributed by atoms with Crippen molar-refractivity contribution in [1.29, 1.82) is 0 Å². The molecule has 1 unspecified atom stereocenters. The summed E-state index contributed by atoms with van der Waals surface area (Å²) in [5.74, 6) is -3.87. The molecular formula is C25H24N2O8. The lowest BCUT2D eigenvalue weighted by Gasteiger charge is -2.13. The van der Waals surface area contributed by atoms with E-state index in [2.05, 4.69) is 4.74 Å². The van der Waals surface area contributed by atoms with Crippen LogP contribution in [0.15, 0.2) is 77.3 Å². The van der Waals surface area contributed by atoms with E-state index in [-0.39, 0.29) is 11.6 Å². The molecule has 0 bridgehead atoms. The smallest absolute Gasteiger partial charge is 0.336 e. The summed E-state index contributed by atoms with van der Waals surface area (Å²) in [7, 11) is 2.51. The predicted molar refractivity (Wildman–Crippen MR) is 124 cm³/mol. The SMILES string of the molecule is COC(=O)C(C(=O)O)c1ccccc1.COC(=O)C1=C(C)N2C(C)=C2[C@H]1c1cccc([N+](=O)[O-])c1. The van der Waals surface area contributed by atoms with Crippen molar-refractivity contribution in [3.63, 3.8) is 0 Å². The molecule has 2 aliphatic heterocycles. The molecule has 0 aromatic heterocycles. The first-order chi connectivity index (χ1) is 16.6. The molecule has 2 heterocycles. The number of benzene rings is 2. The zero-order chi connectivity index (χ0) is 25.9. The summed E-state index contributed by atoms with van der Waals surface area (Å²) in [6.45, 7) is 3.83. The Balaban J connectivity index is 0.000000214. The minimum atomic E-state index is -1.24. The van der Waals surface area contributed by atoms with Crippen LogP contribution in [0.2, 0.25) is 0 Å². The number of non-ortho nitro benzene ring substituents is 1. The van der Waals surface area contributed by atoms with Gasteiger partial charge < -0.3 is 19.5 Å². The molecular weight excluding hydrogens is 456 g/mol. The van der Waals surface area contributed by atoms with E-state index in [4.69, 9.17) is 9.84 Å². The average molecular weight is 480 g/mol. The molecule has 0 aliphatic carbocycles. The topological polar surface area (TPSA) is 136 Å². The highest BCUT2D eigenvalue weighted by molar-refractivity contribution is 5.99. The van der Waals surface area contributed by atoms with Crippen molar-refractivity contribution in [2.45, 2.75) is 25.7 Å². The second-order valence-electron chi connectivity index (χ2n) is 7.79. The molecule has 2 atom stereocenters. The van der Waals surface area contributed by atoms with Crippen LogP contribution in [0, 0.1) is 10.1 Å². The Morgan fingerprint density at radius 1 is 1.00 bits per heavy atom. The van der Waals surface area contributed by atoms with Gasteiger partial charge in [-0.2, -0.15) is 0 Å². The number of fused-ring (bicyclic) bond motifs is 1. The van der Waals surface area contributed by atoms with Crippen LogP contribution in [0.1, 0.15) is 36.8 Å². The molecule has 182 valence electrons. The van der Waals surface area contributed by atoms with Crippen LogP contribution in [-0.4, -0.2) is 47.1 Å². The third-order valence-electron chi connectivity index (χ3n) is 5.82. The number of rotatable bonds is 6. The van der Waals surface area contributed by atoms with Crippen molar-refractivity contribution in [3.05, 3.63) is 98.5 Å².